The van der Waals surface area contributed by atoms with Gasteiger partial charge in [0.25, 0.3) is 0 Å². The number of ether oxygens (including phenoxy) is 2. The van der Waals surface area contributed by atoms with Crippen molar-refractivity contribution in [1.82, 2.24) is 10.2 Å². The number of methoxy groups -OCH3 is 1. The van der Waals surface area contributed by atoms with Crippen molar-refractivity contribution < 1.29 is 23.8 Å². The molecule has 1 aromatic heterocycles. The summed E-state index contributed by atoms with van der Waals surface area (Å²) in [5.74, 6) is 2.08. The molecule has 5 aliphatic rings. The number of rotatable bonds is 6. The van der Waals surface area contributed by atoms with Crippen LogP contribution in [0.5, 0.6) is 11.5 Å². The zero-order chi connectivity index (χ0) is 23.8. The topological polar surface area (TPSA) is 84.2 Å². The van der Waals surface area contributed by atoms with E-state index in [1.54, 1.807) is 31.8 Å². The van der Waals surface area contributed by atoms with Gasteiger partial charge in [-0.15, -0.1) is 0 Å². The van der Waals surface area contributed by atoms with Crippen LogP contribution in [-0.2, 0) is 16.6 Å². The van der Waals surface area contributed by atoms with Gasteiger partial charge in [0.15, 0.2) is 11.5 Å². The van der Waals surface area contributed by atoms with E-state index in [0.29, 0.717) is 18.6 Å². The number of likely N-dealkylation sites (tertiary alicyclic amines) is 1. The van der Waals surface area contributed by atoms with Gasteiger partial charge in [-0.25, -0.2) is 0 Å². The summed E-state index contributed by atoms with van der Waals surface area (Å²) in [7, 11) is 1.66. The Hall–Kier alpha value is -2.77. The molecule has 1 aromatic carbocycles. The molecule has 3 heterocycles. The lowest BCUT2D eigenvalue weighted by Crippen LogP contribution is -2.78. The summed E-state index contributed by atoms with van der Waals surface area (Å²) >= 11 is 0. The lowest BCUT2D eigenvalue weighted by atomic mass is 9.48. The highest BCUT2D eigenvalue weighted by molar-refractivity contribution is 5.92. The molecule has 2 aromatic rings. The summed E-state index contributed by atoms with van der Waals surface area (Å²) < 4.78 is 17.5. The van der Waals surface area contributed by atoms with Gasteiger partial charge in [0.05, 0.1) is 36.7 Å². The first-order valence-electron chi connectivity index (χ1n) is 12.9. The maximum absolute atomic E-state index is 12.9. The number of benzene rings is 1. The van der Waals surface area contributed by atoms with Crippen LogP contribution in [0.4, 0.5) is 0 Å². The Balaban J connectivity index is 1.26. The van der Waals surface area contributed by atoms with E-state index in [9.17, 15) is 9.90 Å². The van der Waals surface area contributed by atoms with Crippen LogP contribution in [0.1, 0.15) is 48.8 Å². The van der Waals surface area contributed by atoms with E-state index in [0.717, 1.165) is 48.7 Å². The molecule has 7 nitrogen and oxygen atoms in total. The molecule has 0 radical (unpaired) electrons. The number of nitrogens with one attached hydrogen (secondary N) is 1. The second-order valence-corrected chi connectivity index (χ2v) is 11.0. The molecule has 2 aliphatic heterocycles. The van der Waals surface area contributed by atoms with Gasteiger partial charge in [0.1, 0.15) is 6.10 Å². The molecule has 3 fully saturated rings. The number of hydrogen-bond acceptors (Lipinski definition) is 6. The summed E-state index contributed by atoms with van der Waals surface area (Å²) in [5, 5.41) is 15.8. The van der Waals surface area contributed by atoms with E-state index in [1.807, 2.05) is 12.1 Å². The van der Waals surface area contributed by atoms with Crippen molar-refractivity contribution in [1.29, 1.82) is 0 Å². The predicted molar refractivity (Wildman–Crippen MR) is 129 cm³/mol. The van der Waals surface area contributed by atoms with Crippen molar-refractivity contribution in [2.45, 2.75) is 67.7 Å². The molecule has 7 heteroatoms. The van der Waals surface area contributed by atoms with E-state index in [4.69, 9.17) is 13.9 Å². The van der Waals surface area contributed by atoms with E-state index in [2.05, 4.69) is 16.3 Å². The lowest BCUT2D eigenvalue weighted by Gasteiger charge is -2.64. The van der Waals surface area contributed by atoms with Gasteiger partial charge in [-0.05, 0) is 74.8 Å². The molecule has 1 amide bonds. The third-order valence-corrected chi connectivity index (χ3v) is 9.27. The maximum Gasteiger partial charge on any atom is 0.244 e. The number of nitrogens with zero attached hydrogens (tertiary/aromatic N) is 1. The summed E-state index contributed by atoms with van der Waals surface area (Å²) in [6.07, 6.45) is 11.7. The fraction of sp³-hybridized carbons (Fsp3) is 0.536. The minimum absolute atomic E-state index is 0.0763. The molecule has 1 saturated heterocycles. The van der Waals surface area contributed by atoms with Crippen molar-refractivity contribution in [2.24, 2.45) is 5.92 Å². The number of amides is 1. The molecule has 2 bridgehead atoms. The van der Waals surface area contributed by atoms with Gasteiger partial charge in [0.2, 0.25) is 5.91 Å². The number of piperidine rings is 1. The first-order valence-corrected chi connectivity index (χ1v) is 12.9. The predicted octanol–water partition coefficient (Wildman–Crippen LogP) is 3.05. The van der Waals surface area contributed by atoms with Crippen molar-refractivity contribution in [3.8, 4) is 11.5 Å². The molecule has 35 heavy (non-hydrogen) atoms. The Morgan fingerprint density at radius 2 is 2.17 bits per heavy atom. The molecule has 7 rings (SSSR count). The van der Waals surface area contributed by atoms with Gasteiger partial charge in [-0.1, -0.05) is 6.07 Å². The quantitative estimate of drug-likeness (QED) is 0.624. The van der Waals surface area contributed by atoms with E-state index >= 15 is 0 Å². The highest BCUT2D eigenvalue weighted by atomic mass is 16.5. The van der Waals surface area contributed by atoms with Crippen LogP contribution in [0.15, 0.2) is 41.2 Å². The highest BCUT2D eigenvalue weighted by Crippen LogP contribution is 2.65. The number of carbonyl (C=O) groups excluding carboxylic acids is 1. The van der Waals surface area contributed by atoms with Gasteiger partial charge in [-0.3, -0.25) is 9.69 Å². The van der Waals surface area contributed by atoms with E-state index in [-0.39, 0.29) is 24.1 Å². The Labute approximate surface area is 205 Å². The van der Waals surface area contributed by atoms with Crippen LogP contribution < -0.4 is 14.8 Å². The van der Waals surface area contributed by atoms with Crippen LogP contribution in [0, 0.1) is 5.92 Å². The first kappa shape index (κ1) is 21.5. The number of furan rings is 1. The van der Waals surface area contributed by atoms with E-state index in [1.165, 1.54) is 18.4 Å². The smallest absolute Gasteiger partial charge is 0.244 e. The van der Waals surface area contributed by atoms with Crippen molar-refractivity contribution >= 4 is 12.0 Å². The first-order chi connectivity index (χ1) is 17.0. The molecule has 5 atom stereocenters. The average molecular weight is 477 g/mol. The Kier molecular flexibility index (Phi) is 4.68. The van der Waals surface area contributed by atoms with Crippen molar-refractivity contribution in [3.05, 3.63) is 53.5 Å². The van der Waals surface area contributed by atoms with Gasteiger partial charge >= 0.3 is 0 Å². The number of hydrogen-bond donors (Lipinski definition) is 2. The lowest BCUT2D eigenvalue weighted by molar-refractivity contribution is -0.192. The van der Waals surface area contributed by atoms with Crippen LogP contribution in [-0.4, -0.2) is 59.9 Å². The monoisotopic (exact) mass is 476 g/mol. The standard InChI is InChI=1S/C28H32N2O5/c1-33-21-6-5-19-14-22-28(32)10-8-20(29-23(31)7-4-18-9-13-34-16-18)26-27(28,24(19)25(21)35-26)11-12-30(22)15-17-2-3-17/h4-7,9,13,16-17,20,22,26,32H,2-3,8,10-12,14-15H2,1H3,(H,29,31)/b7-4+/t20-,22-,26+,27+,28-/m0/s1. The molecule has 184 valence electrons. The normalized spacial score (nSPS) is 35.0. The summed E-state index contributed by atoms with van der Waals surface area (Å²) in [5.41, 5.74) is 1.79. The second-order valence-electron chi connectivity index (χ2n) is 11.0. The van der Waals surface area contributed by atoms with Crippen molar-refractivity contribution in [3.63, 3.8) is 0 Å². The van der Waals surface area contributed by atoms with Crippen LogP contribution in [0.3, 0.4) is 0 Å². The van der Waals surface area contributed by atoms with Crippen LogP contribution in [0.25, 0.3) is 6.08 Å². The molecule has 2 saturated carbocycles. The number of carbonyl (C=O) groups is 1. The zero-order valence-electron chi connectivity index (χ0n) is 20.0. The summed E-state index contributed by atoms with van der Waals surface area (Å²) in [6, 6.07) is 5.84. The SMILES string of the molecule is COc1ccc2c3c1O[C@@H]1[C@@H](NC(=O)/C=C/c4ccoc4)CC[C@]4(O)[C@H](C2)N(CC2CC2)CC[C@@]314. The highest BCUT2D eigenvalue weighted by Gasteiger charge is 2.73. The molecular formula is C28H32N2O5. The van der Waals surface area contributed by atoms with E-state index < -0.39 is 11.0 Å². The largest absolute Gasteiger partial charge is 0.493 e. The average Bonchev–Trinajstić information content (AvgIpc) is 3.36. The Morgan fingerprint density at radius 3 is 2.94 bits per heavy atom. The van der Waals surface area contributed by atoms with Gasteiger partial charge in [-0.2, -0.15) is 0 Å². The third-order valence-electron chi connectivity index (χ3n) is 9.27. The fourth-order valence-corrected chi connectivity index (χ4v) is 7.55. The minimum atomic E-state index is -0.886. The second kappa shape index (κ2) is 7.61. The molecule has 2 N–H and O–H groups in total. The molecule has 0 unspecified atom stereocenters. The van der Waals surface area contributed by atoms with Crippen molar-refractivity contribution in [2.75, 3.05) is 20.2 Å². The van der Waals surface area contributed by atoms with Crippen LogP contribution >= 0.6 is 0 Å². The minimum Gasteiger partial charge on any atom is -0.493 e. The Bertz CT molecular complexity index is 1190. The van der Waals surface area contributed by atoms with Gasteiger partial charge < -0.3 is 24.3 Å². The molecule has 3 aliphatic carbocycles. The summed E-state index contributed by atoms with van der Waals surface area (Å²) in [4.78, 5) is 15.5. The number of aliphatic hydroxyl groups is 1. The van der Waals surface area contributed by atoms with Gasteiger partial charge in [0, 0.05) is 29.8 Å². The van der Waals surface area contributed by atoms with Crippen LogP contribution in [0.2, 0.25) is 0 Å². The fourth-order valence-electron chi connectivity index (χ4n) is 7.55. The third kappa shape index (κ3) is 3.01. The molecule has 1 spiro atoms. The zero-order valence-corrected chi connectivity index (χ0v) is 20.0. The Morgan fingerprint density at radius 1 is 1.29 bits per heavy atom. The summed E-state index contributed by atoms with van der Waals surface area (Å²) in [6.45, 7) is 2.02. The molecular weight excluding hydrogens is 444 g/mol. The maximum atomic E-state index is 12.9.